The molecule has 98 valence electrons. The van der Waals surface area contributed by atoms with E-state index in [-0.39, 0.29) is 17.4 Å². The van der Waals surface area contributed by atoms with E-state index in [9.17, 15) is 9.70 Å². The lowest BCUT2D eigenvalue weighted by atomic mass is 10.2. The summed E-state index contributed by atoms with van der Waals surface area (Å²) in [4.78, 5) is 27.8. The van der Waals surface area contributed by atoms with Gasteiger partial charge in [0.05, 0.1) is 17.3 Å². The van der Waals surface area contributed by atoms with Gasteiger partial charge in [-0.2, -0.15) is 5.26 Å². The van der Waals surface area contributed by atoms with Crippen LogP contribution < -0.4 is 4.90 Å². The van der Waals surface area contributed by atoms with Gasteiger partial charge in [0.25, 0.3) is 0 Å². The van der Waals surface area contributed by atoms with Crippen molar-refractivity contribution in [3.8, 4) is 6.07 Å². The normalized spacial score (nSPS) is 9.60. The molecule has 0 N–H and O–H groups in total. The van der Waals surface area contributed by atoms with Crippen molar-refractivity contribution in [2.45, 2.75) is 6.92 Å². The zero-order chi connectivity index (χ0) is 14.5. The van der Waals surface area contributed by atoms with Crippen molar-refractivity contribution >= 4 is 23.1 Å². The number of hydrogen-bond donors (Lipinski definition) is 0. The maximum Gasteiger partial charge on any atom is 0.229 e. The van der Waals surface area contributed by atoms with Gasteiger partial charge in [-0.25, -0.2) is 4.98 Å². The maximum absolute atomic E-state index is 11.8. The van der Waals surface area contributed by atoms with Crippen LogP contribution in [0.3, 0.4) is 0 Å². The third kappa shape index (κ3) is 2.67. The molecule has 0 saturated carbocycles. The summed E-state index contributed by atoms with van der Waals surface area (Å²) in [6, 6.07) is 11.4. The molecule has 0 fully saturated rings. The number of rotatable bonds is 3. The van der Waals surface area contributed by atoms with Crippen LogP contribution in [0.4, 0.5) is 17.2 Å². The maximum atomic E-state index is 11.8. The lowest BCUT2D eigenvalue weighted by molar-refractivity contribution is -0.115. The number of anilines is 2. The van der Waals surface area contributed by atoms with Crippen molar-refractivity contribution < 1.29 is 4.79 Å². The molecule has 0 aliphatic carbocycles. The molecule has 2 aromatic rings. The standard InChI is InChI=1S/C14H10N4O2/c1-10(19)18(13-4-2-3-11(7-13)9-15)14-8-12(17-20)5-6-16-14/h2-8H,1H3. The number of nitrogens with zero attached hydrogens (tertiary/aromatic N) is 4. The first-order valence-corrected chi connectivity index (χ1v) is 5.76. The van der Waals surface area contributed by atoms with Crippen LogP contribution in [-0.4, -0.2) is 10.9 Å². The Balaban J connectivity index is 2.53. The van der Waals surface area contributed by atoms with Crippen LogP contribution in [-0.2, 0) is 4.79 Å². The van der Waals surface area contributed by atoms with E-state index in [1.807, 2.05) is 6.07 Å². The first kappa shape index (κ1) is 13.4. The highest BCUT2D eigenvalue weighted by Gasteiger charge is 2.16. The molecule has 0 aliphatic rings. The summed E-state index contributed by atoms with van der Waals surface area (Å²) in [6.07, 6.45) is 1.40. The Hall–Kier alpha value is -3.07. The average Bonchev–Trinajstić information content (AvgIpc) is 2.47. The molecule has 0 radical (unpaired) electrons. The number of hydrogen-bond acceptors (Lipinski definition) is 5. The molecular formula is C14H10N4O2. The second kappa shape index (κ2) is 5.71. The van der Waals surface area contributed by atoms with Crippen LogP contribution in [0.25, 0.3) is 0 Å². The van der Waals surface area contributed by atoms with Crippen LogP contribution in [0.1, 0.15) is 12.5 Å². The second-order valence-corrected chi connectivity index (χ2v) is 3.98. The Kier molecular flexibility index (Phi) is 3.82. The van der Waals surface area contributed by atoms with Gasteiger partial charge in [0, 0.05) is 19.2 Å². The van der Waals surface area contributed by atoms with Gasteiger partial charge in [0.2, 0.25) is 5.91 Å². The van der Waals surface area contributed by atoms with E-state index >= 15 is 0 Å². The molecule has 0 aliphatic heterocycles. The summed E-state index contributed by atoms with van der Waals surface area (Å²) in [6.45, 7) is 1.38. The van der Waals surface area contributed by atoms with Gasteiger partial charge in [0.15, 0.2) is 0 Å². The summed E-state index contributed by atoms with van der Waals surface area (Å²) in [5, 5.41) is 11.7. The molecule has 6 heteroatoms. The number of carbonyl (C=O) groups excluding carboxylic acids is 1. The summed E-state index contributed by atoms with van der Waals surface area (Å²) >= 11 is 0. The molecule has 0 unspecified atom stereocenters. The van der Waals surface area contributed by atoms with E-state index in [2.05, 4.69) is 10.2 Å². The van der Waals surface area contributed by atoms with Crippen molar-refractivity contribution in [1.29, 1.82) is 5.26 Å². The first-order valence-electron chi connectivity index (χ1n) is 5.76. The molecule has 0 spiro atoms. The highest BCUT2D eigenvalue weighted by Crippen LogP contribution is 2.27. The Morgan fingerprint density at radius 3 is 2.80 bits per heavy atom. The van der Waals surface area contributed by atoms with Crippen LogP contribution >= 0.6 is 0 Å². The molecule has 1 amide bonds. The number of amides is 1. The van der Waals surface area contributed by atoms with E-state index in [0.29, 0.717) is 11.3 Å². The third-order valence-corrected chi connectivity index (χ3v) is 2.61. The fourth-order valence-corrected chi connectivity index (χ4v) is 1.78. The van der Waals surface area contributed by atoms with Crippen LogP contribution in [0.15, 0.2) is 47.8 Å². The molecular weight excluding hydrogens is 256 g/mol. The highest BCUT2D eigenvalue weighted by atomic mass is 16.3. The summed E-state index contributed by atoms with van der Waals surface area (Å²) in [7, 11) is 0. The van der Waals surface area contributed by atoms with E-state index in [1.54, 1.807) is 24.3 Å². The average molecular weight is 266 g/mol. The second-order valence-electron chi connectivity index (χ2n) is 3.98. The Morgan fingerprint density at radius 1 is 1.35 bits per heavy atom. The molecule has 1 aromatic heterocycles. The number of aromatic nitrogens is 1. The van der Waals surface area contributed by atoms with Gasteiger partial charge in [-0.1, -0.05) is 6.07 Å². The van der Waals surface area contributed by atoms with Gasteiger partial charge in [-0.05, 0) is 29.4 Å². The van der Waals surface area contributed by atoms with Crippen molar-refractivity contribution in [3.63, 3.8) is 0 Å². The van der Waals surface area contributed by atoms with Gasteiger partial charge in [-0.15, -0.1) is 4.91 Å². The number of nitroso groups, excluding NO2 is 1. The Labute approximate surface area is 115 Å². The molecule has 1 heterocycles. The van der Waals surface area contributed by atoms with E-state index < -0.39 is 0 Å². The summed E-state index contributed by atoms with van der Waals surface area (Å²) < 4.78 is 0. The third-order valence-electron chi connectivity index (χ3n) is 2.61. The highest BCUT2D eigenvalue weighted by molar-refractivity contribution is 5.98. The van der Waals surface area contributed by atoms with Gasteiger partial charge < -0.3 is 0 Å². The molecule has 1 aromatic carbocycles. The number of pyridine rings is 1. The van der Waals surface area contributed by atoms with Crippen LogP contribution in [0.2, 0.25) is 0 Å². The minimum atomic E-state index is -0.282. The zero-order valence-corrected chi connectivity index (χ0v) is 10.6. The minimum Gasteiger partial charge on any atom is -0.274 e. The Morgan fingerprint density at radius 2 is 2.15 bits per heavy atom. The number of carbonyl (C=O) groups is 1. The van der Waals surface area contributed by atoms with Gasteiger partial charge >= 0.3 is 0 Å². The van der Waals surface area contributed by atoms with E-state index in [0.717, 1.165) is 0 Å². The minimum absolute atomic E-state index is 0.178. The Bertz CT molecular complexity index is 706. The number of benzene rings is 1. The smallest absolute Gasteiger partial charge is 0.229 e. The molecule has 20 heavy (non-hydrogen) atoms. The van der Waals surface area contributed by atoms with E-state index in [4.69, 9.17) is 5.26 Å². The van der Waals surface area contributed by atoms with Crippen molar-refractivity contribution in [1.82, 2.24) is 4.98 Å². The van der Waals surface area contributed by atoms with Crippen molar-refractivity contribution in [3.05, 3.63) is 53.1 Å². The van der Waals surface area contributed by atoms with E-state index in [1.165, 1.54) is 30.2 Å². The SMILES string of the molecule is CC(=O)N(c1cccc(C#N)c1)c1cc(N=O)ccn1. The largest absolute Gasteiger partial charge is 0.274 e. The molecule has 2 rings (SSSR count). The molecule has 6 nitrogen and oxygen atoms in total. The summed E-state index contributed by atoms with van der Waals surface area (Å²) in [5.41, 5.74) is 1.11. The summed E-state index contributed by atoms with van der Waals surface area (Å²) in [5.74, 6) is 0.000304. The van der Waals surface area contributed by atoms with Crippen LogP contribution in [0, 0.1) is 16.2 Å². The van der Waals surface area contributed by atoms with Crippen LogP contribution in [0.5, 0.6) is 0 Å². The fourth-order valence-electron chi connectivity index (χ4n) is 1.78. The van der Waals surface area contributed by atoms with Gasteiger partial charge in [-0.3, -0.25) is 9.69 Å². The predicted octanol–water partition coefficient (Wildman–Crippen LogP) is 3.04. The molecule has 0 saturated heterocycles. The molecule has 0 bridgehead atoms. The topological polar surface area (TPSA) is 86.4 Å². The van der Waals surface area contributed by atoms with Crippen molar-refractivity contribution in [2.24, 2.45) is 5.18 Å². The lowest BCUT2D eigenvalue weighted by Crippen LogP contribution is -2.23. The monoisotopic (exact) mass is 266 g/mol. The number of nitriles is 1. The van der Waals surface area contributed by atoms with Crippen molar-refractivity contribution in [2.75, 3.05) is 4.90 Å². The predicted molar refractivity (Wildman–Crippen MR) is 73.7 cm³/mol. The lowest BCUT2D eigenvalue weighted by Gasteiger charge is -2.20. The fraction of sp³-hybridized carbons (Fsp3) is 0.0714. The quantitative estimate of drug-likeness (QED) is 0.799. The first-order chi connectivity index (χ1) is 9.65. The molecule has 0 atom stereocenters. The zero-order valence-electron chi connectivity index (χ0n) is 10.6. The van der Waals surface area contributed by atoms with Gasteiger partial charge in [0.1, 0.15) is 11.5 Å².